The molecule has 1 aliphatic heterocycles. The summed E-state index contributed by atoms with van der Waals surface area (Å²) in [5.74, 6) is 0.520. The van der Waals surface area contributed by atoms with Crippen LogP contribution in [0, 0.1) is 5.92 Å². The molecule has 0 aromatic rings. The maximum atomic E-state index is 3.93. The summed E-state index contributed by atoms with van der Waals surface area (Å²) in [5, 5.41) is 0. The molecule has 1 atom stereocenters. The quantitative estimate of drug-likeness (QED) is 0.583. The Morgan fingerprint density at radius 1 is 1.54 bits per heavy atom. The van der Waals surface area contributed by atoms with Gasteiger partial charge in [-0.3, -0.25) is 0 Å². The highest BCUT2D eigenvalue weighted by molar-refractivity contribution is 5.21. The highest BCUT2D eigenvalue weighted by Gasteiger charge is 2.10. The third kappa shape index (κ3) is 2.94. The standard InChI is InChI=1S/C12H17N/c1-4-5-6-7-12-9-8-11(2)13(3)10-12/h4-9,12H,2,10H2,1,3H3/b5-4-,7-6-. The van der Waals surface area contributed by atoms with E-state index in [0.717, 1.165) is 12.2 Å². The number of nitrogens with zero attached hydrogens (tertiary/aromatic N) is 1. The second-order valence-corrected chi connectivity index (χ2v) is 3.31. The molecule has 1 nitrogen and oxygen atoms in total. The summed E-state index contributed by atoms with van der Waals surface area (Å²) in [5.41, 5.74) is 1.09. The van der Waals surface area contributed by atoms with Crippen molar-refractivity contribution < 1.29 is 0 Å². The van der Waals surface area contributed by atoms with Crippen molar-refractivity contribution in [2.75, 3.05) is 13.6 Å². The molecule has 0 saturated carbocycles. The number of likely N-dealkylation sites (N-methyl/N-ethyl adjacent to an activating group) is 1. The van der Waals surface area contributed by atoms with Crippen LogP contribution in [0.15, 0.2) is 48.7 Å². The smallest absolute Gasteiger partial charge is 0.0287 e. The van der Waals surface area contributed by atoms with E-state index in [1.807, 2.05) is 13.0 Å². The van der Waals surface area contributed by atoms with Crippen molar-refractivity contribution in [1.29, 1.82) is 0 Å². The Bertz CT molecular complexity index is 258. The lowest BCUT2D eigenvalue weighted by atomic mass is 10.0. The first kappa shape index (κ1) is 9.85. The number of rotatable bonds is 2. The van der Waals surface area contributed by atoms with Gasteiger partial charge >= 0.3 is 0 Å². The third-order valence-electron chi connectivity index (χ3n) is 2.17. The first-order valence-corrected chi connectivity index (χ1v) is 4.61. The van der Waals surface area contributed by atoms with Crippen LogP contribution in [-0.4, -0.2) is 18.5 Å². The van der Waals surface area contributed by atoms with E-state index in [9.17, 15) is 0 Å². The van der Waals surface area contributed by atoms with E-state index in [0.29, 0.717) is 5.92 Å². The molecule has 0 amide bonds. The monoisotopic (exact) mass is 175 g/mol. The Hall–Kier alpha value is -1.24. The summed E-state index contributed by atoms with van der Waals surface area (Å²) in [6.07, 6.45) is 12.7. The van der Waals surface area contributed by atoms with Gasteiger partial charge in [0.1, 0.15) is 0 Å². The van der Waals surface area contributed by atoms with Gasteiger partial charge < -0.3 is 4.90 Å². The van der Waals surface area contributed by atoms with Gasteiger partial charge in [-0.15, -0.1) is 0 Å². The molecule has 0 aromatic carbocycles. The summed E-state index contributed by atoms with van der Waals surface area (Å²) >= 11 is 0. The maximum absolute atomic E-state index is 3.93. The first-order valence-electron chi connectivity index (χ1n) is 4.61. The normalized spacial score (nSPS) is 23.7. The molecule has 13 heavy (non-hydrogen) atoms. The summed E-state index contributed by atoms with van der Waals surface area (Å²) < 4.78 is 0. The Morgan fingerprint density at radius 3 is 2.92 bits per heavy atom. The van der Waals surface area contributed by atoms with Crippen molar-refractivity contribution in [3.8, 4) is 0 Å². The van der Waals surface area contributed by atoms with Gasteiger partial charge in [-0.25, -0.2) is 0 Å². The molecule has 0 saturated heterocycles. The number of hydrogen-bond acceptors (Lipinski definition) is 1. The second kappa shape index (κ2) is 4.70. The predicted molar refractivity (Wildman–Crippen MR) is 58.4 cm³/mol. The van der Waals surface area contributed by atoms with E-state index in [1.165, 1.54) is 0 Å². The average Bonchev–Trinajstić information content (AvgIpc) is 2.12. The molecule has 1 aliphatic rings. The molecule has 1 rings (SSSR count). The molecule has 0 radical (unpaired) electrons. The SMILES string of the molecule is C=C1C=CC(/C=C\C=C/C)CN1C. The zero-order valence-electron chi connectivity index (χ0n) is 8.40. The molecule has 1 heterocycles. The van der Waals surface area contributed by atoms with Crippen molar-refractivity contribution in [3.63, 3.8) is 0 Å². The Balaban J connectivity index is 2.55. The van der Waals surface area contributed by atoms with Crippen LogP contribution in [0.2, 0.25) is 0 Å². The first-order chi connectivity index (χ1) is 6.24. The highest BCUT2D eigenvalue weighted by Crippen LogP contribution is 2.15. The molecule has 70 valence electrons. The summed E-state index contributed by atoms with van der Waals surface area (Å²) in [6, 6.07) is 0. The van der Waals surface area contributed by atoms with Crippen LogP contribution in [0.1, 0.15) is 6.92 Å². The average molecular weight is 175 g/mol. The van der Waals surface area contributed by atoms with Crippen molar-refractivity contribution in [2.24, 2.45) is 5.92 Å². The van der Waals surface area contributed by atoms with Crippen LogP contribution in [0.5, 0.6) is 0 Å². The maximum Gasteiger partial charge on any atom is 0.0287 e. The van der Waals surface area contributed by atoms with Gasteiger partial charge in [-0.2, -0.15) is 0 Å². The van der Waals surface area contributed by atoms with Crippen LogP contribution in [0.3, 0.4) is 0 Å². The van der Waals surface area contributed by atoms with Crippen molar-refractivity contribution in [1.82, 2.24) is 4.90 Å². The highest BCUT2D eigenvalue weighted by atomic mass is 15.1. The minimum atomic E-state index is 0.520. The molecule has 0 bridgehead atoms. The van der Waals surface area contributed by atoms with Crippen LogP contribution in [0.4, 0.5) is 0 Å². The van der Waals surface area contributed by atoms with Gasteiger partial charge in [-0.1, -0.05) is 37.0 Å². The Labute approximate surface area is 80.7 Å². The fraction of sp³-hybridized carbons (Fsp3) is 0.333. The van der Waals surface area contributed by atoms with Crippen LogP contribution < -0.4 is 0 Å². The zero-order chi connectivity index (χ0) is 9.68. The molecule has 0 aliphatic carbocycles. The van der Waals surface area contributed by atoms with Gasteiger partial charge in [0, 0.05) is 25.2 Å². The number of hydrogen-bond donors (Lipinski definition) is 0. The van der Waals surface area contributed by atoms with Gasteiger partial charge in [-0.05, 0) is 13.0 Å². The molecule has 0 aromatic heterocycles. The fourth-order valence-corrected chi connectivity index (χ4v) is 1.30. The second-order valence-electron chi connectivity index (χ2n) is 3.31. The van der Waals surface area contributed by atoms with Crippen LogP contribution >= 0.6 is 0 Å². The fourth-order valence-electron chi connectivity index (χ4n) is 1.30. The third-order valence-corrected chi connectivity index (χ3v) is 2.17. The molecule has 0 spiro atoms. The molecular formula is C12H17N. The molecular weight excluding hydrogens is 158 g/mol. The van der Waals surface area contributed by atoms with E-state index in [-0.39, 0.29) is 0 Å². The van der Waals surface area contributed by atoms with E-state index in [4.69, 9.17) is 0 Å². The predicted octanol–water partition coefficient (Wildman–Crippen LogP) is 2.75. The summed E-state index contributed by atoms with van der Waals surface area (Å²) in [7, 11) is 2.07. The largest absolute Gasteiger partial charge is 0.374 e. The summed E-state index contributed by atoms with van der Waals surface area (Å²) in [4.78, 5) is 2.17. The van der Waals surface area contributed by atoms with E-state index in [2.05, 4.69) is 48.9 Å². The van der Waals surface area contributed by atoms with E-state index >= 15 is 0 Å². The van der Waals surface area contributed by atoms with Gasteiger partial charge in [0.15, 0.2) is 0 Å². The van der Waals surface area contributed by atoms with Crippen molar-refractivity contribution in [2.45, 2.75) is 6.92 Å². The molecule has 1 unspecified atom stereocenters. The lowest BCUT2D eigenvalue weighted by molar-refractivity contribution is 0.393. The Kier molecular flexibility index (Phi) is 3.56. The summed E-state index contributed by atoms with van der Waals surface area (Å²) in [6.45, 7) is 6.98. The van der Waals surface area contributed by atoms with Gasteiger partial charge in [0.2, 0.25) is 0 Å². The molecule has 1 heteroatoms. The number of allylic oxidation sites excluding steroid dienone is 4. The van der Waals surface area contributed by atoms with Crippen LogP contribution in [-0.2, 0) is 0 Å². The van der Waals surface area contributed by atoms with E-state index in [1.54, 1.807) is 0 Å². The van der Waals surface area contributed by atoms with Crippen molar-refractivity contribution in [3.05, 3.63) is 48.7 Å². The topological polar surface area (TPSA) is 3.24 Å². The molecule has 0 N–H and O–H groups in total. The lowest BCUT2D eigenvalue weighted by Gasteiger charge is -2.26. The van der Waals surface area contributed by atoms with E-state index < -0.39 is 0 Å². The van der Waals surface area contributed by atoms with Gasteiger partial charge in [0.25, 0.3) is 0 Å². The van der Waals surface area contributed by atoms with Crippen molar-refractivity contribution >= 4 is 0 Å². The van der Waals surface area contributed by atoms with Gasteiger partial charge in [0.05, 0.1) is 0 Å². The minimum absolute atomic E-state index is 0.520. The lowest BCUT2D eigenvalue weighted by Crippen LogP contribution is -2.25. The minimum Gasteiger partial charge on any atom is -0.374 e. The van der Waals surface area contributed by atoms with Crippen LogP contribution in [0.25, 0.3) is 0 Å². The molecule has 0 fully saturated rings. The zero-order valence-corrected chi connectivity index (χ0v) is 8.40. The Morgan fingerprint density at radius 2 is 2.31 bits per heavy atom.